The molecule has 1 aliphatic rings. The summed E-state index contributed by atoms with van der Waals surface area (Å²) in [5.41, 5.74) is 6.75. The lowest BCUT2D eigenvalue weighted by atomic mass is 10.0. The molecule has 6 heteroatoms. The quantitative estimate of drug-likeness (QED) is 0.846. The third-order valence-corrected chi connectivity index (χ3v) is 3.39. The summed E-state index contributed by atoms with van der Waals surface area (Å²) in [4.78, 5) is 13.8. The Labute approximate surface area is 118 Å². The van der Waals surface area contributed by atoms with Gasteiger partial charge in [0.05, 0.1) is 20.3 Å². The van der Waals surface area contributed by atoms with Crippen molar-refractivity contribution in [3.8, 4) is 11.5 Å². The molecule has 1 aliphatic heterocycles. The molecule has 0 aliphatic carbocycles. The zero-order chi connectivity index (χ0) is 14.5. The fourth-order valence-corrected chi connectivity index (χ4v) is 2.19. The second-order valence-electron chi connectivity index (χ2n) is 4.74. The molecule has 1 aromatic rings. The van der Waals surface area contributed by atoms with Gasteiger partial charge in [-0.3, -0.25) is 4.79 Å². The SMILES string of the molecule is COc1ccc([C@@H](N)CC(=O)N2CCOCC2)cc1O. The maximum atomic E-state index is 12.1. The normalized spacial score (nSPS) is 16.8. The molecule has 0 unspecified atom stereocenters. The number of rotatable bonds is 4. The zero-order valence-corrected chi connectivity index (χ0v) is 11.5. The van der Waals surface area contributed by atoms with Crippen LogP contribution in [0.1, 0.15) is 18.0 Å². The number of ether oxygens (including phenoxy) is 2. The van der Waals surface area contributed by atoms with E-state index in [1.54, 1.807) is 17.0 Å². The lowest BCUT2D eigenvalue weighted by molar-refractivity contribution is -0.135. The van der Waals surface area contributed by atoms with Crippen molar-refractivity contribution in [3.05, 3.63) is 23.8 Å². The molecule has 0 spiro atoms. The Morgan fingerprint density at radius 2 is 2.20 bits per heavy atom. The molecule has 110 valence electrons. The topological polar surface area (TPSA) is 85.0 Å². The molecule has 1 amide bonds. The molecule has 2 rings (SSSR count). The molecule has 0 bridgehead atoms. The van der Waals surface area contributed by atoms with Crippen LogP contribution in [0.5, 0.6) is 11.5 Å². The molecule has 20 heavy (non-hydrogen) atoms. The zero-order valence-electron chi connectivity index (χ0n) is 11.5. The van der Waals surface area contributed by atoms with Crippen LogP contribution in [0.25, 0.3) is 0 Å². The highest BCUT2D eigenvalue weighted by atomic mass is 16.5. The summed E-state index contributed by atoms with van der Waals surface area (Å²) in [7, 11) is 1.48. The molecular weight excluding hydrogens is 260 g/mol. The Bertz CT molecular complexity index is 472. The first-order valence-electron chi connectivity index (χ1n) is 6.60. The summed E-state index contributed by atoms with van der Waals surface area (Å²) in [5, 5.41) is 9.73. The molecular formula is C14H20N2O4. The van der Waals surface area contributed by atoms with E-state index in [0.717, 1.165) is 0 Å². The van der Waals surface area contributed by atoms with Crippen molar-refractivity contribution in [2.75, 3.05) is 33.4 Å². The number of morpholine rings is 1. The molecule has 1 saturated heterocycles. The minimum Gasteiger partial charge on any atom is -0.504 e. The number of hydrogen-bond acceptors (Lipinski definition) is 5. The lowest BCUT2D eigenvalue weighted by Crippen LogP contribution is -2.41. The molecule has 1 heterocycles. The van der Waals surface area contributed by atoms with Crippen LogP contribution < -0.4 is 10.5 Å². The molecule has 1 fully saturated rings. The van der Waals surface area contributed by atoms with E-state index < -0.39 is 6.04 Å². The van der Waals surface area contributed by atoms with E-state index in [2.05, 4.69) is 0 Å². The van der Waals surface area contributed by atoms with Gasteiger partial charge in [0.25, 0.3) is 0 Å². The summed E-state index contributed by atoms with van der Waals surface area (Å²) in [6.45, 7) is 2.37. The van der Waals surface area contributed by atoms with Gasteiger partial charge in [-0.2, -0.15) is 0 Å². The third-order valence-electron chi connectivity index (χ3n) is 3.39. The number of carbonyl (C=O) groups excluding carboxylic acids is 1. The summed E-state index contributed by atoms with van der Waals surface area (Å²) in [6, 6.07) is 4.50. The summed E-state index contributed by atoms with van der Waals surface area (Å²) < 4.78 is 10.2. The molecule has 0 aromatic heterocycles. The Balaban J connectivity index is 1.98. The van der Waals surface area contributed by atoms with Gasteiger partial charge in [0, 0.05) is 25.6 Å². The Kier molecular flexibility index (Phi) is 4.81. The van der Waals surface area contributed by atoms with Gasteiger partial charge in [0.15, 0.2) is 11.5 Å². The average molecular weight is 280 g/mol. The second-order valence-corrected chi connectivity index (χ2v) is 4.74. The summed E-state index contributed by atoms with van der Waals surface area (Å²) in [6.07, 6.45) is 0.214. The van der Waals surface area contributed by atoms with Gasteiger partial charge in [0.1, 0.15) is 0 Å². The highest BCUT2D eigenvalue weighted by Gasteiger charge is 2.20. The summed E-state index contributed by atoms with van der Waals surface area (Å²) >= 11 is 0. The number of benzene rings is 1. The predicted molar refractivity (Wildman–Crippen MR) is 73.6 cm³/mol. The van der Waals surface area contributed by atoms with Gasteiger partial charge >= 0.3 is 0 Å². The molecule has 3 N–H and O–H groups in total. The van der Waals surface area contributed by atoms with Crippen LogP contribution >= 0.6 is 0 Å². The number of methoxy groups -OCH3 is 1. The Morgan fingerprint density at radius 3 is 2.80 bits per heavy atom. The average Bonchev–Trinajstić information content (AvgIpc) is 2.48. The van der Waals surface area contributed by atoms with Gasteiger partial charge in [-0.1, -0.05) is 6.07 Å². The molecule has 1 atom stereocenters. The van der Waals surface area contributed by atoms with E-state index in [1.807, 2.05) is 0 Å². The number of carbonyl (C=O) groups is 1. The van der Waals surface area contributed by atoms with Crippen molar-refractivity contribution in [1.82, 2.24) is 4.90 Å². The Morgan fingerprint density at radius 1 is 1.50 bits per heavy atom. The summed E-state index contributed by atoms with van der Waals surface area (Å²) in [5.74, 6) is 0.427. The van der Waals surface area contributed by atoms with Crippen molar-refractivity contribution in [3.63, 3.8) is 0 Å². The highest BCUT2D eigenvalue weighted by Crippen LogP contribution is 2.29. The van der Waals surface area contributed by atoms with Crippen molar-refractivity contribution < 1.29 is 19.4 Å². The van der Waals surface area contributed by atoms with Gasteiger partial charge in [0.2, 0.25) is 5.91 Å². The van der Waals surface area contributed by atoms with E-state index in [-0.39, 0.29) is 18.1 Å². The number of phenolic OH excluding ortho intramolecular Hbond substituents is 1. The highest BCUT2D eigenvalue weighted by molar-refractivity contribution is 5.77. The monoisotopic (exact) mass is 280 g/mol. The fourth-order valence-electron chi connectivity index (χ4n) is 2.19. The van der Waals surface area contributed by atoms with E-state index in [1.165, 1.54) is 13.2 Å². The molecule has 0 radical (unpaired) electrons. The maximum Gasteiger partial charge on any atom is 0.224 e. The number of aromatic hydroxyl groups is 1. The van der Waals surface area contributed by atoms with Crippen LogP contribution in [0.2, 0.25) is 0 Å². The second kappa shape index (κ2) is 6.58. The van der Waals surface area contributed by atoms with Crippen molar-refractivity contribution in [1.29, 1.82) is 0 Å². The minimum atomic E-state index is -0.442. The number of hydrogen-bond donors (Lipinski definition) is 2. The molecule has 6 nitrogen and oxygen atoms in total. The van der Waals surface area contributed by atoms with Crippen LogP contribution in [0, 0.1) is 0 Å². The third kappa shape index (κ3) is 3.40. The van der Waals surface area contributed by atoms with Crippen LogP contribution in [0.15, 0.2) is 18.2 Å². The number of amides is 1. The van der Waals surface area contributed by atoms with Gasteiger partial charge in [-0.05, 0) is 17.7 Å². The van der Waals surface area contributed by atoms with Crippen molar-refractivity contribution in [2.45, 2.75) is 12.5 Å². The van der Waals surface area contributed by atoms with E-state index in [0.29, 0.717) is 37.6 Å². The van der Waals surface area contributed by atoms with Gasteiger partial charge in [-0.25, -0.2) is 0 Å². The largest absolute Gasteiger partial charge is 0.504 e. The first-order valence-corrected chi connectivity index (χ1v) is 6.60. The molecule has 0 saturated carbocycles. The van der Waals surface area contributed by atoms with Crippen LogP contribution in [0.4, 0.5) is 0 Å². The fraction of sp³-hybridized carbons (Fsp3) is 0.500. The van der Waals surface area contributed by atoms with Crippen molar-refractivity contribution >= 4 is 5.91 Å². The standard InChI is InChI=1S/C14H20N2O4/c1-19-13-3-2-10(8-12(13)17)11(15)9-14(18)16-4-6-20-7-5-16/h2-3,8,11,17H,4-7,9,15H2,1H3/t11-/m0/s1. The number of nitrogens with two attached hydrogens (primary N) is 1. The molecule has 1 aromatic carbocycles. The van der Waals surface area contributed by atoms with Crippen LogP contribution in [-0.4, -0.2) is 49.3 Å². The van der Waals surface area contributed by atoms with Crippen LogP contribution in [0.3, 0.4) is 0 Å². The first-order chi connectivity index (χ1) is 9.61. The minimum absolute atomic E-state index is 0.0103. The lowest BCUT2D eigenvalue weighted by Gasteiger charge is -2.28. The Hall–Kier alpha value is -1.79. The first kappa shape index (κ1) is 14.6. The van der Waals surface area contributed by atoms with E-state index in [9.17, 15) is 9.90 Å². The maximum absolute atomic E-state index is 12.1. The number of nitrogens with zero attached hydrogens (tertiary/aromatic N) is 1. The predicted octanol–water partition coefficient (Wildman–Crippen LogP) is 0.649. The van der Waals surface area contributed by atoms with E-state index in [4.69, 9.17) is 15.2 Å². The van der Waals surface area contributed by atoms with Crippen molar-refractivity contribution in [2.24, 2.45) is 5.73 Å². The smallest absolute Gasteiger partial charge is 0.224 e. The number of phenols is 1. The van der Waals surface area contributed by atoms with Gasteiger partial charge in [-0.15, -0.1) is 0 Å². The van der Waals surface area contributed by atoms with E-state index >= 15 is 0 Å². The van der Waals surface area contributed by atoms with Gasteiger partial charge < -0.3 is 25.2 Å². The van der Waals surface area contributed by atoms with Crippen LogP contribution in [-0.2, 0) is 9.53 Å².